The Morgan fingerprint density at radius 2 is 1.87 bits per heavy atom. The minimum atomic E-state index is -0.922. The van der Waals surface area contributed by atoms with E-state index in [4.69, 9.17) is 4.74 Å². The van der Waals surface area contributed by atoms with Gasteiger partial charge in [0.2, 0.25) is 0 Å². The minimum absolute atomic E-state index is 0.124. The Morgan fingerprint density at radius 1 is 1.13 bits per heavy atom. The van der Waals surface area contributed by atoms with Crippen LogP contribution < -0.4 is 5.32 Å². The van der Waals surface area contributed by atoms with Crippen molar-refractivity contribution in [1.82, 2.24) is 35.0 Å². The van der Waals surface area contributed by atoms with Gasteiger partial charge in [-0.05, 0) is 39.2 Å². The number of fused-ring (bicyclic) bond motifs is 1. The molecule has 1 aromatic carbocycles. The number of aryl methyl sites for hydroxylation is 2. The highest BCUT2D eigenvalue weighted by Crippen LogP contribution is 2.31. The summed E-state index contributed by atoms with van der Waals surface area (Å²) in [5.41, 5.74) is 3.28. The quantitative estimate of drug-likeness (QED) is 0.349. The normalized spacial score (nSPS) is 14.8. The molecule has 1 atom stereocenters. The van der Waals surface area contributed by atoms with E-state index in [1.807, 2.05) is 26.0 Å². The molecule has 39 heavy (non-hydrogen) atoms. The van der Waals surface area contributed by atoms with E-state index in [2.05, 4.69) is 25.6 Å². The number of nitrogens with one attached hydrogen (secondary N) is 1. The SMILES string of the molecule is CCOC(=O)C(NC(=O)c1csc(C2CCN(C(=O)c3nnc4cc(C)nn4c3C)CC2)n1)c1ccccc1. The van der Waals surface area contributed by atoms with Crippen LogP contribution in [0.15, 0.2) is 41.8 Å². The Balaban J connectivity index is 1.23. The van der Waals surface area contributed by atoms with Crippen molar-refractivity contribution >= 4 is 34.8 Å². The van der Waals surface area contributed by atoms with Gasteiger partial charge in [-0.1, -0.05) is 30.3 Å². The number of ether oxygens (including phenoxy) is 1. The lowest BCUT2D eigenvalue weighted by molar-refractivity contribution is -0.145. The van der Waals surface area contributed by atoms with Crippen LogP contribution in [0, 0.1) is 13.8 Å². The predicted octanol–water partition coefficient (Wildman–Crippen LogP) is 3.25. The zero-order valence-electron chi connectivity index (χ0n) is 22.0. The summed E-state index contributed by atoms with van der Waals surface area (Å²) in [7, 11) is 0. The molecule has 5 rings (SSSR count). The van der Waals surface area contributed by atoms with Crippen LogP contribution in [0.25, 0.3) is 5.65 Å². The van der Waals surface area contributed by atoms with Gasteiger partial charge in [0.1, 0.15) is 5.69 Å². The summed E-state index contributed by atoms with van der Waals surface area (Å²) in [6, 6.07) is 9.88. The Hall–Kier alpha value is -4.19. The number of carbonyl (C=O) groups is 3. The van der Waals surface area contributed by atoms with Crippen molar-refractivity contribution in [3.05, 3.63) is 75.1 Å². The summed E-state index contributed by atoms with van der Waals surface area (Å²) in [6.07, 6.45) is 1.43. The molecule has 0 aliphatic carbocycles. The second kappa shape index (κ2) is 11.3. The molecule has 1 fully saturated rings. The first kappa shape index (κ1) is 26.4. The molecule has 1 aliphatic heterocycles. The van der Waals surface area contributed by atoms with Crippen LogP contribution in [0.1, 0.15) is 74.7 Å². The van der Waals surface area contributed by atoms with Gasteiger partial charge >= 0.3 is 5.97 Å². The minimum Gasteiger partial charge on any atom is -0.464 e. The summed E-state index contributed by atoms with van der Waals surface area (Å²) < 4.78 is 6.82. The molecule has 1 aliphatic rings. The fraction of sp³-hybridized carbons (Fsp3) is 0.370. The summed E-state index contributed by atoms with van der Waals surface area (Å²) >= 11 is 1.41. The van der Waals surface area contributed by atoms with Crippen molar-refractivity contribution in [3.8, 4) is 0 Å². The van der Waals surface area contributed by atoms with Crippen LogP contribution in [0.4, 0.5) is 0 Å². The second-order valence-corrected chi connectivity index (χ2v) is 10.3. The molecular weight excluding hydrogens is 518 g/mol. The zero-order valence-corrected chi connectivity index (χ0v) is 22.8. The van der Waals surface area contributed by atoms with Crippen molar-refractivity contribution in [2.24, 2.45) is 0 Å². The molecule has 0 saturated carbocycles. The van der Waals surface area contributed by atoms with Crippen LogP contribution in [0.3, 0.4) is 0 Å². The fourth-order valence-corrected chi connectivity index (χ4v) is 5.66. The molecule has 2 amide bonds. The summed E-state index contributed by atoms with van der Waals surface area (Å²) in [4.78, 5) is 45.1. The molecule has 4 aromatic rings. The smallest absolute Gasteiger partial charge is 0.333 e. The molecule has 11 nitrogen and oxygen atoms in total. The third-order valence-corrected chi connectivity index (χ3v) is 7.75. The average Bonchev–Trinajstić information content (AvgIpc) is 3.59. The van der Waals surface area contributed by atoms with Gasteiger partial charge in [-0.25, -0.2) is 14.3 Å². The largest absolute Gasteiger partial charge is 0.464 e. The van der Waals surface area contributed by atoms with E-state index < -0.39 is 17.9 Å². The van der Waals surface area contributed by atoms with Crippen molar-refractivity contribution in [2.75, 3.05) is 19.7 Å². The van der Waals surface area contributed by atoms with Crippen LogP contribution in [0.2, 0.25) is 0 Å². The maximum absolute atomic E-state index is 13.2. The molecular formula is C27H29N7O4S. The third kappa shape index (κ3) is 5.51. The lowest BCUT2D eigenvalue weighted by Crippen LogP contribution is -2.39. The van der Waals surface area contributed by atoms with Crippen molar-refractivity contribution in [1.29, 1.82) is 0 Å². The maximum atomic E-state index is 13.2. The monoisotopic (exact) mass is 547 g/mol. The number of piperidine rings is 1. The van der Waals surface area contributed by atoms with Gasteiger partial charge in [-0.2, -0.15) is 5.10 Å². The highest BCUT2D eigenvalue weighted by molar-refractivity contribution is 7.09. The van der Waals surface area contributed by atoms with Crippen LogP contribution >= 0.6 is 11.3 Å². The van der Waals surface area contributed by atoms with Crippen molar-refractivity contribution in [2.45, 2.75) is 45.6 Å². The molecule has 3 aromatic heterocycles. The summed E-state index contributed by atoms with van der Waals surface area (Å²) in [5, 5.41) is 18.0. The number of esters is 1. The lowest BCUT2D eigenvalue weighted by atomic mass is 9.97. The number of likely N-dealkylation sites (tertiary alicyclic amines) is 1. The molecule has 0 bridgehead atoms. The molecule has 0 spiro atoms. The van der Waals surface area contributed by atoms with E-state index in [-0.39, 0.29) is 24.1 Å². The molecule has 202 valence electrons. The Bertz CT molecular complexity index is 1510. The second-order valence-electron chi connectivity index (χ2n) is 9.40. The number of amides is 2. The van der Waals surface area contributed by atoms with E-state index in [0.717, 1.165) is 10.7 Å². The molecule has 1 saturated heterocycles. The molecule has 12 heteroatoms. The molecule has 1 unspecified atom stereocenters. The van der Waals surface area contributed by atoms with Gasteiger partial charge in [-0.15, -0.1) is 21.5 Å². The Morgan fingerprint density at radius 3 is 2.59 bits per heavy atom. The number of nitrogens with zero attached hydrogens (tertiary/aromatic N) is 6. The van der Waals surface area contributed by atoms with Crippen LogP contribution in [-0.2, 0) is 9.53 Å². The Labute approximate surface area is 229 Å². The summed E-state index contributed by atoms with van der Waals surface area (Å²) in [5.74, 6) is -1.01. The number of benzene rings is 1. The van der Waals surface area contributed by atoms with E-state index >= 15 is 0 Å². The number of thiazole rings is 1. The van der Waals surface area contributed by atoms with Gasteiger partial charge in [0.05, 0.1) is 23.0 Å². The predicted molar refractivity (Wildman–Crippen MR) is 144 cm³/mol. The maximum Gasteiger partial charge on any atom is 0.333 e. The van der Waals surface area contributed by atoms with Gasteiger partial charge < -0.3 is 15.0 Å². The van der Waals surface area contributed by atoms with E-state index in [1.165, 1.54) is 11.3 Å². The number of hydrogen-bond acceptors (Lipinski definition) is 9. The fourth-order valence-electron chi connectivity index (χ4n) is 4.69. The van der Waals surface area contributed by atoms with Gasteiger partial charge in [0.25, 0.3) is 11.8 Å². The average molecular weight is 548 g/mol. The number of carbonyl (C=O) groups excluding carboxylic acids is 3. The van der Waals surface area contributed by atoms with E-state index in [9.17, 15) is 14.4 Å². The molecule has 4 heterocycles. The van der Waals surface area contributed by atoms with Crippen LogP contribution in [0.5, 0.6) is 0 Å². The third-order valence-electron chi connectivity index (χ3n) is 6.74. The first-order chi connectivity index (χ1) is 18.9. The van der Waals surface area contributed by atoms with E-state index in [0.29, 0.717) is 48.5 Å². The van der Waals surface area contributed by atoms with Gasteiger partial charge in [-0.3, -0.25) is 9.59 Å². The number of rotatable bonds is 7. The molecule has 1 N–H and O–H groups in total. The Kier molecular flexibility index (Phi) is 7.64. The highest BCUT2D eigenvalue weighted by atomic mass is 32.1. The number of hydrogen-bond donors (Lipinski definition) is 1. The number of aromatic nitrogens is 5. The standard InChI is InChI=1S/C27H29N7O4S/c1-4-38-27(37)23(18-8-6-5-7-9-18)29-24(35)20-15-39-25(28-20)19-10-12-33(13-11-19)26(36)22-17(3)34-21(30-31-22)14-16(2)32-34/h5-9,14-15,19,23H,4,10-13H2,1-3H3,(H,29,35). The van der Waals surface area contributed by atoms with E-state index in [1.54, 1.807) is 46.0 Å². The zero-order chi connectivity index (χ0) is 27.5. The summed E-state index contributed by atoms with van der Waals surface area (Å²) in [6.45, 7) is 6.71. The van der Waals surface area contributed by atoms with Crippen molar-refractivity contribution in [3.63, 3.8) is 0 Å². The van der Waals surface area contributed by atoms with Crippen LogP contribution in [-0.4, -0.2) is 67.2 Å². The highest BCUT2D eigenvalue weighted by Gasteiger charge is 2.30. The van der Waals surface area contributed by atoms with Crippen molar-refractivity contribution < 1.29 is 19.1 Å². The first-order valence-electron chi connectivity index (χ1n) is 12.8. The molecule has 0 radical (unpaired) electrons. The lowest BCUT2D eigenvalue weighted by Gasteiger charge is -2.31. The van der Waals surface area contributed by atoms with Gasteiger partial charge in [0.15, 0.2) is 17.4 Å². The topological polar surface area (TPSA) is 132 Å². The van der Waals surface area contributed by atoms with Gasteiger partial charge in [0, 0.05) is 30.5 Å². The first-order valence-corrected chi connectivity index (χ1v) is 13.7.